The van der Waals surface area contributed by atoms with Crippen LogP contribution in [0.3, 0.4) is 0 Å². The first-order chi connectivity index (χ1) is 3.93. The van der Waals surface area contributed by atoms with Crippen LogP contribution in [-0.2, 0) is 11.5 Å². The summed E-state index contributed by atoms with van der Waals surface area (Å²) in [6.45, 7) is 0.472. The van der Waals surface area contributed by atoms with Gasteiger partial charge in [-0.05, 0) is 0 Å². The number of aromatic nitrogens is 3. The lowest BCUT2D eigenvalue weighted by molar-refractivity contribution is 0.119. The van der Waals surface area contributed by atoms with Crippen LogP contribution in [0.2, 0.25) is 0 Å². The molecule has 0 saturated heterocycles. The van der Waals surface area contributed by atoms with E-state index >= 15 is 0 Å². The van der Waals surface area contributed by atoms with Crippen LogP contribution in [0.5, 0.6) is 0 Å². The van der Waals surface area contributed by atoms with Gasteiger partial charge in [0.15, 0.2) is 0 Å². The molecule has 0 aliphatic heterocycles. The molecule has 0 bridgehead atoms. The van der Waals surface area contributed by atoms with Crippen LogP contribution >= 0.6 is 0 Å². The zero-order valence-electron chi connectivity index (χ0n) is 4.61. The highest BCUT2D eigenvalue weighted by atomic mass is 16.5. The standard InChI is InChI=1S/C4H7N3O/c1-8-4-7-3-2-5-6-7/h2-3H,4H2,1H3. The lowest BCUT2D eigenvalue weighted by Crippen LogP contribution is -1.99. The summed E-state index contributed by atoms with van der Waals surface area (Å²) in [5.74, 6) is 0. The summed E-state index contributed by atoms with van der Waals surface area (Å²) < 4.78 is 6.34. The molecule has 0 saturated carbocycles. The van der Waals surface area contributed by atoms with Crippen molar-refractivity contribution in [1.29, 1.82) is 0 Å². The Bertz CT molecular complexity index is 137. The molecule has 0 fully saturated rings. The third kappa shape index (κ3) is 1.04. The van der Waals surface area contributed by atoms with Crippen molar-refractivity contribution < 1.29 is 4.74 Å². The van der Waals surface area contributed by atoms with E-state index < -0.39 is 0 Å². The van der Waals surface area contributed by atoms with Gasteiger partial charge in [0, 0.05) is 13.3 Å². The van der Waals surface area contributed by atoms with E-state index in [4.69, 9.17) is 4.74 Å². The highest BCUT2D eigenvalue weighted by molar-refractivity contribution is 4.61. The van der Waals surface area contributed by atoms with Crippen molar-refractivity contribution >= 4 is 0 Å². The SMILES string of the molecule is COCn1ccnn1. The Hall–Kier alpha value is -0.900. The Morgan fingerprint density at radius 2 is 2.62 bits per heavy atom. The highest BCUT2D eigenvalue weighted by Gasteiger charge is 1.83. The Labute approximate surface area is 47.1 Å². The van der Waals surface area contributed by atoms with Gasteiger partial charge in [-0.1, -0.05) is 5.21 Å². The van der Waals surface area contributed by atoms with Gasteiger partial charge >= 0.3 is 0 Å². The van der Waals surface area contributed by atoms with Gasteiger partial charge in [0.05, 0.1) is 6.20 Å². The fourth-order valence-corrected chi connectivity index (χ4v) is 0.434. The second kappa shape index (κ2) is 2.42. The molecule has 0 amide bonds. The predicted molar refractivity (Wildman–Crippen MR) is 27.0 cm³/mol. The lowest BCUT2D eigenvalue weighted by Gasteiger charge is -1.92. The molecule has 0 aliphatic carbocycles. The Kier molecular flexibility index (Phi) is 1.58. The third-order valence-corrected chi connectivity index (χ3v) is 0.733. The monoisotopic (exact) mass is 113 g/mol. The summed E-state index contributed by atoms with van der Waals surface area (Å²) in [5, 5.41) is 7.22. The van der Waals surface area contributed by atoms with E-state index in [1.165, 1.54) is 0 Å². The topological polar surface area (TPSA) is 39.9 Å². The van der Waals surface area contributed by atoms with Crippen LogP contribution in [0.1, 0.15) is 0 Å². The molecule has 4 nitrogen and oxygen atoms in total. The van der Waals surface area contributed by atoms with Gasteiger partial charge in [0.2, 0.25) is 0 Å². The number of methoxy groups -OCH3 is 1. The van der Waals surface area contributed by atoms with E-state index in [0.29, 0.717) is 6.73 Å². The smallest absolute Gasteiger partial charge is 0.140 e. The maximum atomic E-state index is 4.75. The Balaban J connectivity index is 2.50. The van der Waals surface area contributed by atoms with Gasteiger partial charge in [-0.2, -0.15) is 0 Å². The van der Waals surface area contributed by atoms with Crippen LogP contribution in [0, 0.1) is 0 Å². The van der Waals surface area contributed by atoms with Crippen molar-refractivity contribution in [3.8, 4) is 0 Å². The molecule has 44 valence electrons. The predicted octanol–water partition coefficient (Wildman–Crippen LogP) is -0.118. The number of rotatable bonds is 2. The van der Waals surface area contributed by atoms with Crippen molar-refractivity contribution in [2.45, 2.75) is 6.73 Å². The Morgan fingerprint density at radius 3 is 3.12 bits per heavy atom. The second-order valence-corrected chi connectivity index (χ2v) is 1.36. The average molecular weight is 113 g/mol. The minimum absolute atomic E-state index is 0.472. The van der Waals surface area contributed by atoms with Gasteiger partial charge in [0.25, 0.3) is 0 Å². The molecule has 0 atom stereocenters. The zero-order chi connectivity index (χ0) is 5.82. The van der Waals surface area contributed by atoms with Gasteiger partial charge < -0.3 is 4.74 Å². The van der Waals surface area contributed by atoms with Crippen LogP contribution in [0.25, 0.3) is 0 Å². The summed E-state index contributed by atoms with van der Waals surface area (Å²) in [6.07, 6.45) is 3.35. The second-order valence-electron chi connectivity index (χ2n) is 1.36. The summed E-state index contributed by atoms with van der Waals surface area (Å²) in [5.41, 5.74) is 0. The van der Waals surface area contributed by atoms with Crippen LogP contribution in [-0.4, -0.2) is 22.1 Å². The van der Waals surface area contributed by atoms with E-state index in [2.05, 4.69) is 10.3 Å². The summed E-state index contributed by atoms with van der Waals surface area (Å²) in [6, 6.07) is 0. The van der Waals surface area contributed by atoms with Gasteiger partial charge in [-0.25, -0.2) is 4.68 Å². The first kappa shape index (κ1) is 5.24. The number of nitrogens with zero attached hydrogens (tertiary/aromatic N) is 3. The highest BCUT2D eigenvalue weighted by Crippen LogP contribution is 1.78. The van der Waals surface area contributed by atoms with Gasteiger partial charge in [-0.3, -0.25) is 0 Å². The van der Waals surface area contributed by atoms with Crippen molar-refractivity contribution in [3.63, 3.8) is 0 Å². The molecule has 0 aromatic carbocycles. The first-order valence-electron chi connectivity index (χ1n) is 2.26. The molecular weight excluding hydrogens is 106 g/mol. The maximum absolute atomic E-state index is 4.75. The van der Waals surface area contributed by atoms with Crippen LogP contribution < -0.4 is 0 Å². The number of hydrogen-bond donors (Lipinski definition) is 0. The van der Waals surface area contributed by atoms with E-state index in [1.54, 1.807) is 24.2 Å². The summed E-state index contributed by atoms with van der Waals surface area (Å²) in [4.78, 5) is 0. The van der Waals surface area contributed by atoms with E-state index in [1.807, 2.05) is 0 Å². The molecular formula is C4H7N3O. The van der Waals surface area contributed by atoms with Crippen molar-refractivity contribution in [1.82, 2.24) is 15.0 Å². The minimum Gasteiger partial charge on any atom is -0.362 e. The quantitative estimate of drug-likeness (QED) is 0.537. The molecule has 1 rings (SSSR count). The molecule has 8 heavy (non-hydrogen) atoms. The molecule has 0 aliphatic rings. The molecule has 1 heterocycles. The van der Waals surface area contributed by atoms with E-state index in [0.717, 1.165) is 0 Å². The normalized spacial score (nSPS) is 9.62. The molecule has 0 spiro atoms. The van der Waals surface area contributed by atoms with Gasteiger partial charge in [0.1, 0.15) is 6.73 Å². The molecule has 1 aromatic heterocycles. The van der Waals surface area contributed by atoms with Gasteiger partial charge in [-0.15, -0.1) is 5.10 Å². The van der Waals surface area contributed by atoms with E-state index in [9.17, 15) is 0 Å². The third-order valence-electron chi connectivity index (χ3n) is 0.733. The van der Waals surface area contributed by atoms with Crippen molar-refractivity contribution in [2.75, 3.05) is 7.11 Å². The average Bonchev–Trinajstić information content (AvgIpc) is 2.19. The summed E-state index contributed by atoms with van der Waals surface area (Å²) in [7, 11) is 1.61. The minimum atomic E-state index is 0.472. The summed E-state index contributed by atoms with van der Waals surface area (Å²) >= 11 is 0. The van der Waals surface area contributed by atoms with E-state index in [-0.39, 0.29) is 0 Å². The first-order valence-corrected chi connectivity index (χ1v) is 2.26. The molecule has 0 N–H and O–H groups in total. The lowest BCUT2D eigenvalue weighted by atomic mass is 10.9. The fourth-order valence-electron chi connectivity index (χ4n) is 0.434. The zero-order valence-corrected chi connectivity index (χ0v) is 4.61. The van der Waals surface area contributed by atoms with Crippen LogP contribution in [0.15, 0.2) is 12.4 Å². The number of hydrogen-bond acceptors (Lipinski definition) is 3. The largest absolute Gasteiger partial charge is 0.362 e. The molecule has 1 aromatic rings. The fraction of sp³-hybridized carbons (Fsp3) is 0.500. The number of ether oxygens (including phenoxy) is 1. The maximum Gasteiger partial charge on any atom is 0.140 e. The van der Waals surface area contributed by atoms with Crippen molar-refractivity contribution in [3.05, 3.63) is 12.4 Å². The molecule has 4 heteroatoms. The Morgan fingerprint density at radius 1 is 1.75 bits per heavy atom. The van der Waals surface area contributed by atoms with Crippen molar-refractivity contribution in [2.24, 2.45) is 0 Å². The van der Waals surface area contributed by atoms with Crippen LogP contribution in [0.4, 0.5) is 0 Å². The molecule has 0 unspecified atom stereocenters. The molecule has 0 radical (unpaired) electrons.